The highest BCUT2D eigenvalue weighted by Crippen LogP contribution is 2.59. The first-order valence-electron chi connectivity index (χ1n) is 8.64. The number of hydrogen-bond donors (Lipinski definition) is 0. The van der Waals surface area contributed by atoms with E-state index in [1.54, 1.807) is 5.57 Å². The molecular weight excluding hydrogens is 260 g/mol. The smallest absolute Gasteiger partial charge is 0.156 e. The molecule has 4 aliphatic rings. The van der Waals surface area contributed by atoms with Gasteiger partial charge < -0.3 is 0 Å². The molecule has 0 heterocycles. The Morgan fingerprint density at radius 3 is 2.76 bits per heavy atom. The topological polar surface area (TPSA) is 34.1 Å². The van der Waals surface area contributed by atoms with E-state index in [1.807, 2.05) is 6.08 Å². The number of carbonyl (C=O) groups excluding carboxylic acids is 2. The summed E-state index contributed by atoms with van der Waals surface area (Å²) in [7, 11) is 0. The van der Waals surface area contributed by atoms with Crippen molar-refractivity contribution in [1.82, 2.24) is 0 Å². The van der Waals surface area contributed by atoms with Gasteiger partial charge in [-0.1, -0.05) is 12.5 Å². The molecule has 2 saturated carbocycles. The molecule has 0 spiro atoms. The average Bonchev–Trinajstić information content (AvgIpc) is 2.84. The highest BCUT2D eigenvalue weighted by atomic mass is 16.1. The van der Waals surface area contributed by atoms with Crippen LogP contribution in [0.3, 0.4) is 0 Å². The van der Waals surface area contributed by atoms with Gasteiger partial charge in [-0.15, -0.1) is 0 Å². The van der Waals surface area contributed by atoms with E-state index in [9.17, 15) is 9.59 Å². The molecule has 2 fully saturated rings. The third kappa shape index (κ3) is 1.77. The molecule has 4 aliphatic carbocycles. The summed E-state index contributed by atoms with van der Waals surface area (Å²) >= 11 is 0. The Bertz CT molecular complexity index is 580. The van der Waals surface area contributed by atoms with E-state index in [4.69, 9.17) is 0 Å². The monoisotopic (exact) mass is 284 g/mol. The number of fused-ring (bicyclic) bond motifs is 4. The van der Waals surface area contributed by atoms with Gasteiger partial charge in [0.25, 0.3) is 0 Å². The van der Waals surface area contributed by atoms with E-state index < -0.39 is 0 Å². The van der Waals surface area contributed by atoms with Crippen molar-refractivity contribution < 1.29 is 9.59 Å². The maximum Gasteiger partial charge on any atom is 0.156 e. The van der Waals surface area contributed by atoms with Gasteiger partial charge in [0, 0.05) is 18.3 Å². The normalized spacial score (nSPS) is 38.8. The van der Waals surface area contributed by atoms with Crippen LogP contribution in [0.5, 0.6) is 0 Å². The number of allylic oxidation sites excluding steroid dienone is 4. The van der Waals surface area contributed by atoms with Crippen molar-refractivity contribution in [3.05, 3.63) is 22.8 Å². The SMILES string of the molecule is CC[C@]12CCC3=C4CCC(=O)C=C4CCC3C1CCC2=O. The first-order chi connectivity index (χ1) is 10.2. The Morgan fingerprint density at radius 1 is 1.10 bits per heavy atom. The molecule has 2 nitrogen and oxygen atoms in total. The van der Waals surface area contributed by atoms with Crippen molar-refractivity contribution in [3.8, 4) is 0 Å². The van der Waals surface area contributed by atoms with E-state index in [-0.39, 0.29) is 5.41 Å². The summed E-state index contributed by atoms with van der Waals surface area (Å²) in [6, 6.07) is 0. The van der Waals surface area contributed by atoms with Gasteiger partial charge in [0.15, 0.2) is 5.78 Å². The molecule has 0 aromatic rings. The quantitative estimate of drug-likeness (QED) is 0.725. The summed E-state index contributed by atoms with van der Waals surface area (Å²) in [5.74, 6) is 2.07. The van der Waals surface area contributed by atoms with Crippen LogP contribution >= 0.6 is 0 Å². The minimum absolute atomic E-state index is 0.000427. The van der Waals surface area contributed by atoms with Gasteiger partial charge in [-0.05, 0) is 74.0 Å². The molecule has 0 saturated heterocycles. The van der Waals surface area contributed by atoms with Crippen molar-refractivity contribution in [2.75, 3.05) is 0 Å². The number of rotatable bonds is 1. The molecule has 21 heavy (non-hydrogen) atoms. The molecule has 3 atom stereocenters. The van der Waals surface area contributed by atoms with E-state index in [0.29, 0.717) is 29.8 Å². The van der Waals surface area contributed by atoms with E-state index in [2.05, 4.69) is 6.92 Å². The molecule has 0 radical (unpaired) electrons. The third-order valence-corrected chi connectivity index (χ3v) is 6.81. The first-order valence-corrected chi connectivity index (χ1v) is 8.64. The Kier molecular flexibility index (Phi) is 2.99. The second-order valence-electron chi connectivity index (χ2n) is 7.36. The van der Waals surface area contributed by atoms with Crippen molar-refractivity contribution in [1.29, 1.82) is 0 Å². The zero-order valence-corrected chi connectivity index (χ0v) is 12.9. The number of carbonyl (C=O) groups is 2. The van der Waals surface area contributed by atoms with Gasteiger partial charge in [0.1, 0.15) is 5.78 Å². The third-order valence-electron chi connectivity index (χ3n) is 6.81. The largest absolute Gasteiger partial charge is 0.299 e. The standard InChI is InChI=1S/C19H24O2/c1-2-19-10-9-15-14-6-4-13(20)11-12(14)3-5-16(15)17(19)7-8-18(19)21/h11,16-17H,2-10H2,1H3/t16?,17?,19-/m0/s1. The number of hydrogen-bond acceptors (Lipinski definition) is 2. The fourth-order valence-electron chi connectivity index (χ4n) is 5.77. The fourth-order valence-corrected chi connectivity index (χ4v) is 5.77. The lowest BCUT2D eigenvalue weighted by atomic mass is 9.56. The minimum Gasteiger partial charge on any atom is -0.299 e. The van der Waals surface area contributed by atoms with Gasteiger partial charge in [-0.25, -0.2) is 0 Å². The Hall–Kier alpha value is -1.18. The molecular formula is C19H24O2. The fraction of sp³-hybridized carbons (Fsp3) is 0.684. The zero-order chi connectivity index (χ0) is 14.6. The van der Waals surface area contributed by atoms with E-state index in [1.165, 1.54) is 11.1 Å². The van der Waals surface area contributed by atoms with Crippen LogP contribution in [0.2, 0.25) is 0 Å². The minimum atomic E-state index is 0.000427. The van der Waals surface area contributed by atoms with Gasteiger partial charge in [0.05, 0.1) is 0 Å². The van der Waals surface area contributed by atoms with Crippen LogP contribution < -0.4 is 0 Å². The van der Waals surface area contributed by atoms with Crippen LogP contribution in [-0.2, 0) is 9.59 Å². The van der Waals surface area contributed by atoms with Gasteiger partial charge in [-0.3, -0.25) is 9.59 Å². The van der Waals surface area contributed by atoms with Crippen LogP contribution in [0, 0.1) is 17.3 Å². The summed E-state index contributed by atoms with van der Waals surface area (Å²) in [6.07, 6.45) is 10.9. The molecule has 112 valence electrons. The summed E-state index contributed by atoms with van der Waals surface area (Å²) < 4.78 is 0. The van der Waals surface area contributed by atoms with Gasteiger partial charge in [-0.2, -0.15) is 0 Å². The van der Waals surface area contributed by atoms with Crippen molar-refractivity contribution in [2.45, 2.75) is 64.7 Å². The summed E-state index contributed by atoms with van der Waals surface area (Å²) in [5, 5.41) is 0. The van der Waals surface area contributed by atoms with Crippen molar-refractivity contribution in [2.24, 2.45) is 17.3 Å². The molecule has 0 aromatic heterocycles. The van der Waals surface area contributed by atoms with E-state index >= 15 is 0 Å². The molecule has 0 aromatic carbocycles. The van der Waals surface area contributed by atoms with Crippen LogP contribution in [0.15, 0.2) is 22.8 Å². The van der Waals surface area contributed by atoms with Crippen molar-refractivity contribution >= 4 is 11.6 Å². The predicted molar refractivity (Wildman–Crippen MR) is 81.8 cm³/mol. The lowest BCUT2D eigenvalue weighted by Gasteiger charge is -2.47. The summed E-state index contributed by atoms with van der Waals surface area (Å²) in [5.41, 5.74) is 4.46. The van der Waals surface area contributed by atoms with Crippen LogP contribution in [0.1, 0.15) is 64.7 Å². The average molecular weight is 284 g/mol. The van der Waals surface area contributed by atoms with Gasteiger partial charge in [0.2, 0.25) is 0 Å². The van der Waals surface area contributed by atoms with Crippen LogP contribution in [-0.4, -0.2) is 11.6 Å². The van der Waals surface area contributed by atoms with Crippen molar-refractivity contribution in [3.63, 3.8) is 0 Å². The molecule has 2 unspecified atom stereocenters. The summed E-state index contributed by atoms with van der Waals surface area (Å²) in [6.45, 7) is 2.21. The number of ketones is 2. The molecule has 0 bridgehead atoms. The maximum atomic E-state index is 12.5. The molecule has 0 aliphatic heterocycles. The zero-order valence-electron chi connectivity index (χ0n) is 12.9. The first kappa shape index (κ1) is 13.5. The lowest BCUT2D eigenvalue weighted by Crippen LogP contribution is -2.42. The Balaban J connectivity index is 1.76. The van der Waals surface area contributed by atoms with Crippen LogP contribution in [0.25, 0.3) is 0 Å². The Morgan fingerprint density at radius 2 is 1.95 bits per heavy atom. The number of Topliss-reactive ketones (excluding diaryl/α,β-unsaturated/α-hetero) is 1. The van der Waals surface area contributed by atoms with E-state index in [0.717, 1.165) is 51.4 Å². The van der Waals surface area contributed by atoms with Crippen LogP contribution in [0.4, 0.5) is 0 Å². The second-order valence-corrected chi connectivity index (χ2v) is 7.36. The molecule has 0 amide bonds. The second kappa shape index (κ2) is 4.66. The lowest BCUT2D eigenvalue weighted by molar-refractivity contribution is -0.129. The highest BCUT2D eigenvalue weighted by molar-refractivity contribution is 5.93. The molecule has 2 heteroatoms. The van der Waals surface area contributed by atoms with Gasteiger partial charge >= 0.3 is 0 Å². The molecule has 4 rings (SSSR count). The predicted octanol–water partition coefficient (Wildman–Crippen LogP) is 4.15. The summed E-state index contributed by atoms with van der Waals surface area (Å²) in [4.78, 5) is 24.1. The molecule has 0 N–H and O–H groups in total. The Labute approximate surface area is 126 Å². The highest BCUT2D eigenvalue weighted by Gasteiger charge is 2.54. The maximum absolute atomic E-state index is 12.5.